The smallest absolute Gasteiger partial charge is 0.306 e. The second-order valence-corrected chi connectivity index (χ2v) is 2.79. The molecular weight excluding hydrogens is 190 g/mol. The van der Waals surface area contributed by atoms with Crippen LogP contribution in [0.15, 0.2) is 0 Å². The van der Waals surface area contributed by atoms with E-state index in [2.05, 4.69) is 4.74 Å². The largest absolute Gasteiger partial charge is 0.481 e. The molecule has 14 heavy (non-hydrogen) atoms. The summed E-state index contributed by atoms with van der Waals surface area (Å²) in [5.74, 6) is -2.02. The van der Waals surface area contributed by atoms with Gasteiger partial charge in [0.15, 0.2) is 0 Å². The summed E-state index contributed by atoms with van der Waals surface area (Å²) in [6.45, 7) is 1.09. The van der Waals surface area contributed by atoms with Crippen LogP contribution in [0, 0.1) is 0 Å². The Hall–Kier alpha value is -1.43. The summed E-state index contributed by atoms with van der Waals surface area (Å²) in [6, 6.07) is -0.830. The number of rotatable bonds is 6. The van der Waals surface area contributed by atoms with Crippen molar-refractivity contribution in [3.8, 4) is 0 Å². The van der Waals surface area contributed by atoms with Crippen molar-refractivity contribution in [3.05, 3.63) is 0 Å². The summed E-state index contributed by atoms with van der Waals surface area (Å²) in [5.41, 5.74) is 5.28. The predicted molar refractivity (Wildman–Crippen MR) is 46.5 cm³/mol. The number of hydrogen-bond donors (Lipinski definition) is 2. The van der Waals surface area contributed by atoms with Gasteiger partial charge < -0.3 is 15.6 Å². The van der Waals surface area contributed by atoms with Crippen molar-refractivity contribution in [2.45, 2.75) is 25.8 Å². The highest BCUT2D eigenvalue weighted by molar-refractivity contribution is 5.82. The topological polar surface area (TPSA) is 107 Å². The molecule has 0 heterocycles. The summed E-state index contributed by atoms with van der Waals surface area (Å²) < 4.78 is 4.57. The number of ketones is 1. The van der Waals surface area contributed by atoms with Crippen LogP contribution in [0.5, 0.6) is 0 Å². The highest BCUT2D eigenvalue weighted by Crippen LogP contribution is 1.94. The maximum absolute atomic E-state index is 10.8. The minimum atomic E-state index is -1.07. The third kappa shape index (κ3) is 6.13. The fourth-order valence-corrected chi connectivity index (χ4v) is 0.581. The van der Waals surface area contributed by atoms with Crippen molar-refractivity contribution in [2.75, 3.05) is 6.61 Å². The Morgan fingerprint density at radius 1 is 1.36 bits per heavy atom. The Labute approximate surface area is 81.0 Å². The lowest BCUT2D eigenvalue weighted by molar-refractivity contribution is -0.148. The molecule has 0 rings (SSSR count). The van der Waals surface area contributed by atoms with Crippen LogP contribution in [0.4, 0.5) is 0 Å². The van der Waals surface area contributed by atoms with E-state index in [-0.39, 0.29) is 25.2 Å². The van der Waals surface area contributed by atoms with Gasteiger partial charge in [0.1, 0.15) is 12.4 Å². The summed E-state index contributed by atoms with van der Waals surface area (Å²) in [7, 11) is 0. The van der Waals surface area contributed by atoms with Crippen LogP contribution in [0.2, 0.25) is 0 Å². The lowest BCUT2D eigenvalue weighted by atomic mass is 10.2. The highest BCUT2D eigenvalue weighted by Gasteiger charge is 2.12. The van der Waals surface area contributed by atoms with E-state index < -0.39 is 18.0 Å². The molecule has 0 aliphatic heterocycles. The summed E-state index contributed by atoms with van der Waals surface area (Å²) in [6.07, 6.45) is -0.492. The minimum Gasteiger partial charge on any atom is -0.481 e. The van der Waals surface area contributed by atoms with Gasteiger partial charge in [0, 0.05) is 0 Å². The first-order valence-electron chi connectivity index (χ1n) is 4.07. The van der Waals surface area contributed by atoms with Crippen molar-refractivity contribution in [1.29, 1.82) is 0 Å². The zero-order chi connectivity index (χ0) is 11.1. The average molecular weight is 203 g/mol. The molecule has 0 radical (unpaired) electrons. The molecule has 0 fully saturated rings. The Morgan fingerprint density at radius 2 is 1.93 bits per heavy atom. The molecule has 0 aromatic carbocycles. The number of esters is 1. The quantitative estimate of drug-likeness (QED) is 0.553. The number of carbonyl (C=O) groups is 3. The second-order valence-electron chi connectivity index (χ2n) is 2.79. The number of carboxylic acid groups (broad SMARTS) is 1. The standard InChI is InChI=1S/C8H13NO5/c1-5(10)6(9)4-14-8(13)3-2-7(11)12/h6H,2-4,9H2,1H3,(H,11,12)/t6-/m0/s1. The molecule has 0 aromatic heterocycles. The van der Waals surface area contributed by atoms with Gasteiger partial charge in [-0.3, -0.25) is 14.4 Å². The van der Waals surface area contributed by atoms with Crippen LogP contribution in [-0.2, 0) is 19.1 Å². The first-order chi connectivity index (χ1) is 6.43. The molecule has 6 nitrogen and oxygen atoms in total. The molecule has 0 unspecified atom stereocenters. The molecule has 0 spiro atoms. The minimum absolute atomic E-state index is 0.201. The lowest BCUT2D eigenvalue weighted by Crippen LogP contribution is -2.34. The normalized spacial score (nSPS) is 11.9. The fraction of sp³-hybridized carbons (Fsp3) is 0.625. The maximum Gasteiger partial charge on any atom is 0.306 e. The van der Waals surface area contributed by atoms with Crippen LogP contribution in [0.3, 0.4) is 0 Å². The van der Waals surface area contributed by atoms with E-state index in [1.807, 2.05) is 0 Å². The van der Waals surface area contributed by atoms with E-state index in [9.17, 15) is 14.4 Å². The van der Waals surface area contributed by atoms with Crippen molar-refractivity contribution in [3.63, 3.8) is 0 Å². The monoisotopic (exact) mass is 203 g/mol. The molecule has 0 bridgehead atoms. The van der Waals surface area contributed by atoms with Gasteiger partial charge in [-0.2, -0.15) is 0 Å². The van der Waals surface area contributed by atoms with Crippen molar-refractivity contribution < 1.29 is 24.2 Å². The number of Topliss-reactive ketones (excluding diaryl/α,β-unsaturated/α-hetero) is 1. The van der Waals surface area contributed by atoms with E-state index in [0.29, 0.717) is 0 Å². The first kappa shape index (κ1) is 12.6. The van der Waals surface area contributed by atoms with Crippen molar-refractivity contribution in [1.82, 2.24) is 0 Å². The third-order valence-electron chi connectivity index (χ3n) is 1.49. The van der Waals surface area contributed by atoms with Gasteiger partial charge in [0.2, 0.25) is 0 Å². The zero-order valence-electron chi connectivity index (χ0n) is 7.86. The van der Waals surface area contributed by atoms with Gasteiger partial charge >= 0.3 is 11.9 Å². The molecule has 80 valence electrons. The average Bonchev–Trinajstić information content (AvgIpc) is 2.10. The van der Waals surface area contributed by atoms with E-state index in [4.69, 9.17) is 10.8 Å². The van der Waals surface area contributed by atoms with E-state index in [0.717, 1.165) is 0 Å². The Kier molecular flexibility index (Phi) is 5.47. The van der Waals surface area contributed by atoms with E-state index in [1.165, 1.54) is 6.92 Å². The van der Waals surface area contributed by atoms with Crippen LogP contribution in [0.25, 0.3) is 0 Å². The molecule has 0 amide bonds. The zero-order valence-corrected chi connectivity index (χ0v) is 7.86. The van der Waals surface area contributed by atoms with E-state index >= 15 is 0 Å². The summed E-state index contributed by atoms with van der Waals surface area (Å²) in [4.78, 5) is 31.5. The summed E-state index contributed by atoms with van der Waals surface area (Å²) in [5, 5.41) is 8.24. The van der Waals surface area contributed by atoms with E-state index in [1.54, 1.807) is 0 Å². The van der Waals surface area contributed by atoms with Gasteiger partial charge in [-0.1, -0.05) is 0 Å². The molecule has 0 aromatic rings. The number of carbonyl (C=O) groups excluding carboxylic acids is 2. The number of carboxylic acids is 1. The van der Waals surface area contributed by atoms with Crippen LogP contribution in [0.1, 0.15) is 19.8 Å². The Balaban J connectivity index is 3.64. The Morgan fingerprint density at radius 3 is 2.36 bits per heavy atom. The number of ether oxygens (including phenoxy) is 1. The van der Waals surface area contributed by atoms with Gasteiger partial charge in [-0.05, 0) is 6.92 Å². The van der Waals surface area contributed by atoms with Crippen LogP contribution >= 0.6 is 0 Å². The lowest BCUT2D eigenvalue weighted by Gasteiger charge is -2.07. The predicted octanol–water partition coefficient (Wildman–Crippen LogP) is -0.689. The number of hydrogen-bond acceptors (Lipinski definition) is 5. The Bertz CT molecular complexity index is 238. The number of nitrogens with two attached hydrogens (primary N) is 1. The molecular formula is C8H13NO5. The maximum atomic E-state index is 10.8. The second kappa shape index (κ2) is 6.09. The molecule has 1 atom stereocenters. The first-order valence-corrected chi connectivity index (χ1v) is 4.07. The molecule has 0 saturated carbocycles. The fourth-order valence-electron chi connectivity index (χ4n) is 0.581. The third-order valence-corrected chi connectivity index (χ3v) is 1.49. The van der Waals surface area contributed by atoms with Gasteiger partial charge in [-0.25, -0.2) is 0 Å². The van der Waals surface area contributed by atoms with Gasteiger partial charge in [0.25, 0.3) is 0 Å². The molecule has 0 aliphatic rings. The molecule has 6 heteroatoms. The van der Waals surface area contributed by atoms with Gasteiger partial charge in [-0.15, -0.1) is 0 Å². The SMILES string of the molecule is CC(=O)[C@@H](N)COC(=O)CCC(=O)O. The number of aliphatic carboxylic acids is 1. The van der Waals surface area contributed by atoms with Crippen molar-refractivity contribution >= 4 is 17.7 Å². The highest BCUT2D eigenvalue weighted by atomic mass is 16.5. The van der Waals surface area contributed by atoms with Crippen LogP contribution < -0.4 is 5.73 Å². The summed E-state index contributed by atoms with van der Waals surface area (Å²) >= 11 is 0. The molecule has 0 saturated heterocycles. The molecule has 3 N–H and O–H groups in total. The van der Waals surface area contributed by atoms with Crippen LogP contribution in [-0.4, -0.2) is 35.5 Å². The van der Waals surface area contributed by atoms with Crippen molar-refractivity contribution in [2.24, 2.45) is 5.73 Å². The molecule has 0 aliphatic carbocycles. The van der Waals surface area contributed by atoms with Gasteiger partial charge in [0.05, 0.1) is 18.9 Å².